The van der Waals surface area contributed by atoms with Crippen LogP contribution in [0.5, 0.6) is 5.75 Å². The Labute approximate surface area is 116 Å². The molecule has 0 saturated carbocycles. The lowest BCUT2D eigenvalue weighted by atomic mass is 10.1. The number of anilines is 1. The molecular weight excluding hydrogens is 258 g/mol. The molecule has 0 unspecified atom stereocenters. The highest BCUT2D eigenvalue weighted by Crippen LogP contribution is 2.22. The van der Waals surface area contributed by atoms with E-state index in [4.69, 9.17) is 9.84 Å². The topological polar surface area (TPSA) is 75.6 Å². The Hall–Kier alpha value is -2.63. The van der Waals surface area contributed by atoms with E-state index in [1.807, 2.05) is 12.1 Å². The highest BCUT2D eigenvalue weighted by atomic mass is 16.5. The maximum absolute atomic E-state index is 11.1. The zero-order chi connectivity index (χ0) is 14.7. The average molecular weight is 273 g/mol. The summed E-state index contributed by atoms with van der Waals surface area (Å²) in [5.41, 5.74) is 1.33. The Morgan fingerprint density at radius 2 is 1.85 bits per heavy atom. The molecule has 0 radical (unpaired) electrons. The van der Waals surface area contributed by atoms with Crippen molar-refractivity contribution in [2.24, 2.45) is 0 Å². The van der Waals surface area contributed by atoms with E-state index in [0.717, 1.165) is 11.3 Å². The van der Waals surface area contributed by atoms with Gasteiger partial charge in [0.25, 0.3) is 0 Å². The minimum atomic E-state index is -1.08. The molecule has 0 aliphatic heterocycles. The van der Waals surface area contributed by atoms with Crippen LogP contribution in [0.4, 0.5) is 5.95 Å². The molecule has 0 spiro atoms. The fourth-order valence-corrected chi connectivity index (χ4v) is 1.65. The molecule has 0 aliphatic carbocycles. The zero-order valence-corrected chi connectivity index (χ0v) is 11.5. The van der Waals surface area contributed by atoms with Crippen LogP contribution in [0.1, 0.15) is 10.5 Å². The van der Waals surface area contributed by atoms with E-state index in [2.05, 4.69) is 9.97 Å². The number of carboxylic acids is 1. The van der Waals surface area contributed by atoms with Gasteiger partial charge in [0.2, 0.25) is 5.95 Å². The molecule has 20 heavy (non-hydrogen) atoms. The number of methoxy groups -OCH3 is 1. The quantitative estimate of drug-likeness (QED) is 0.917. The number of hydrogen-bond donors (Lipinski definition) is 1. The molecule has 2 aromatic rings. The Morgan fingerprint density at radius 1 is 1.20 bits per heavy atom. The Kier molecular flexibility index (Phi) is 3.84. The third-order valence-electron chi connectivity index (χ3n) is 2.72. The smallest absolute Gasteiger partial charge is 0.354 e. The summed E-state index contributed by atoms with van der Waals surface area (Å²) >= 11 is 0. The van der Waals surface area contributed by atoms with Crippen LogP contribution in [0, 0.1) is 0 Å². The molecule has 104 valence electrons. The van der Waals surface area contributed by atoms with E-state index < -0.39 is 5.97 Å². The number of ether oxygens (including phenoxy) is 1. The van der Waals surface area contributed by atoms with Crippen molar-refractivity contribution in [3.8, 4) is 17.0 Å². The first-order valence-corrected chi connectivity index (χ1v) is 5.95. The van der Waals surface area contributed by atoms with E-state index >= 15 is 0 Å². The van der Waals surface area contributed by atoms with Crippen molar-refractivity contribution in [2.45, 2.75) is 0 Å². The highest BCUT2D eigenvalue weighted by Gasteiger charge is 2.12. The van der Waals surface area contributed by atoms with Crippen LogP contribution >= 0.6 is 0 Å². The van der Waals surface area contributed by atoms with Crippen molar-refractivity contribution in [3.05, 3.63) is 36.0 Å². The first kappa shape index (κ1) is 13.8. The first-order chi connectivity index (χ1) is 9.51. The van der Waals surface area contributed by atoms with Crippen LogP contribution in [-0.2, 0) is 0 Å². The second-order valence-corrected chi connectivity index (χ2v) is 4.37. The summed E-state index contributed by atoms with van der Waals surface area (Å²) in [5, 5.41) is 9.12. The number of nitrogens with zero attached hydrogens (tertiary/aromatic N) is 3. The monoisotopic (exact) mass is 273 g/mol. The van der Waals surface area contributed by atoms with Crippen LogP contribution in [0.2, 0.25) is 0 Å². The normalized spacial score (nSPS) is 10.2. The highest BCUT2D eigenvalue weighted by molar-refractivity contribution is 5.87. The maximum Gasteiger partial charge on any atom is 0.354 e. The van der Waals surface area contributed by atoms with Gasteiger partial charge in [0.05, 0.1) is 12.8 Å². The van der Waals surface area contributed by atoms with Crippen LogP contribution in [0.15, 0.2) is 30.3 Å². The number of benzene rings is 1. The summed E-state index contributed by atoms with van der Waals surface area (Å²) in [6, 6.07) is 8.70. The fourth-order valence-electron chi connectivity index (χ4n) is 1.65. The van der Waals surface area contributed by atoms with Crippen LogP contribution < -0.4 is 9.64 Å². The molecule has 0 fully saturated rings. The molecule has 0 amide bonds. The van der Waals surface area contributed by atoms with Gasteiger partial charge in [-0.05, 0) is 30.3 Å². The van der Waals surface area contributed by atoms with Crippen molar-refractivity contribution in [3.63, 3.8) is 0 Å². The molecule has 0 saturated heterocycles. The van der Waals surface area contributed by atoms with Gasteiger partial charge < -0.3 is 14.7 Å². The maximum atomic E-state index is 11.1. The van der Waals surface area contributed by atoms with E-state index in [-0.39, 0.29) is 5.69 Å². The number of carbonyl (C=O) groups is 1. The summed E-state index contributed by atoms with van der Waals surface area (Å²) in [6.07, 6.45) is 0. The number of aromatic nitrogens is 2. The van der Waals surface area contributed by atoms with Crippen LogP contribution in [0.3, 0.4) is 0 Å². The minimum Gasteiger partial charge on any atom is -0.497 e. The number of carboxylic acid groups (broad SMARTS) is 1. The van der Waals surface area contributed by atoms with E-state index in [1.54, 1.807) is 38.2 Å². The van der Waals surface area contributed by atoms with Gasteiger partial charge in [-0.1, -0.05) is 0 Å². The number of rotatable bonds is 4. The molecule has 2 rings (SSSR count). The second-order valence-electron chi connectivity index (χ2n) is 4.37. The third kappa shape index (κ3) is 2.85. The van der Waals surface area contributed by atoms with Gasteiger partial charge in [0, 0.05) is 19.7 Å². The minimum absolute atomic E-state index is 0.0329. The second kappa shape index (κ2) is 5.56. The predicted octanol–water partition coefficient (Wildman–Crippen LogP) is 1.92. The van der Waals surface area contributed by atoms with Crippen molar-refractivity contribution in [2.75, 3.05) is 26.1 Å². The molecule has 1 aromatic heterocycles. The molecule has 6 nitrogen and oxygen atoms in total. The van der Waals surface area contributed by atoms with Gasteiger partial charge >= 0.3 is 5.97 Å². The Balaban J connectivity index is 2.51. The third-order valence-corrected chi connectivity index (χ3v) is 2.72. The lowest BCUT2D eigenvalue weighted by Crippen LogP contribution is -2.15. The van der Waals surface area contributed by atoms with E-state index in [9.17, 15) is 4.79 Å². The average Bonchev–Trinajstić information content (AvgIpc) is 2.46. The molecular formula is C14H15N3O3. The van der Waals surface area contributed by atoms with Crippen molar-refractivity contribution >= 4 is 11.9 Å². The summed E-state index contributed by atoms with van der Waals surface area (Å²) < 4.78 is 5.09. The standard InChI is InChI=1S/C14H15N3O3/c1-17(2)14-15-11(8-12(16-14)13(18)19)9-4-6-10(20-3)7-5-9/h4-8H,1-3H3,(H,18,19). The van der Waals surface area contributed by atoms with Crippen molar-refractivity contribution < 1.29 is 14.6 Å². The van der Waals surface area contributed by atoms with Gasteiger partial charge in [-0.15, -0.1) is 0 Å². The number of hydrogen-bond acceptors (Lipinski definition) is 5. The summed E-state index contributed by atoms with van der Waals surface area (Å²) in [6.45, 7) is 0. The largest absolute Gasteiger partial charge is 0.497 e. The summed E-state index contributed by atoms with van der Waals surface area (Å²) in [7, 11) is 5.11. The summed E-state index contributed by atoms with van der Waals surface area (Å²) in [4.78, 5) is 21.1. The van der Waals surface area contributed by atoms with Crippen LogP contribution in [0.25, 0.3) is 11.3 Å². The fraction of sp³-hybridized carbons (Fsp3) is 0.214. The Bertz CT molecular complexity index is 624. The van der Waals surface area contributed by atoms with E-state index in [0.29, 0.717) is 11.6 Å². The van der Waals surface area contributed by atoms with Crippen LogP contribution in [-0.4, -0.2) is 42.2 Å². The Morgan fingerprint density at radius 3 is 2.35 bits per heavy atom. The molecule has 1 N–H and O–H groups in total. The van der Waals surface area contributed by atoms with Gasteiger partial charge in [-0.3, -0.25) is 0 Å². The van der Waals surface area contributed by atoms with Gasteiger partial charge in [-0.25, -0.2) is 14.8 Å². The molecule has 0 bridgehead atoms. The van der Waals surface area contributed by atoms with Gasteiger partial charge in [-0.2, -0.15) is 0 Å². The lowest BCUT2D eigenvalue weighted by molar-refractivity contribution is 0.0690. The SMILES string of the molecule is COc1ccc(-c2cc(C(=O)O)nc(N(C)C)n2)cc1. The lowest BCUT2D eigenvalue weighted by Gasteiger charge is -2.12. The predicted molar refractivity (Wildman–Crippen MR) is 75.3 cm³/mol. The van der Waals surface area contributed by atoms with Crippen molar-refractivity contribution in [1.82, 2.24) is 9.97 Å². The van der Waals surface area contributed by atoms with Gasteiger partial charge in [0.1, 0.15) is 5.75 Å². The van der Waals surface area contributed by atoms with E-state index in [1.165, 1.54) is 6.07 Å². The van der Waals surface area contributed by atoms with Crippen molar-refractivity contribution in [1.29, 1.82) is 0 Å². The molecule has 1 aromatic carbocycles. The van der Waals surface area contributed by atoms with Gasteiger partial charge in [0.15, 0.2) is 5.69 Å². The molecule has 0 aliphatic rings. The molecule has 6 heteroatoms. The summed E-state index contributed by atoms with van der Waals surface area (Å²) in [5.74, 6) is 0.00933. The molecule has 0 atom stereocenters. The first-order valence-electron chi connectivity index (χ1n) is 5.95. The molecule has 1 heterocycles. The zero-order valence-electron chi connectivity index (χ0n) is 11.5. The number of aromatic carboxylic acids is 1.